The highest BCUT2D eigenvalue weighted by Crippen LogP contribution is 2.44. The minimum Gasteiger partial charge on any atom is -0.492 e. The lowest BCUT2D eigenvalue weighted by Crippen LogP contribution is -2.31. The fourth-order valence-electron chi connectivity index (χ4n) is 5.80. The van der Waals surface area contributed by atoms with E-state index >= 15 is 0 Å². The van der Waals surface area contributed by atoms with Crippen molar-refractivity contribution in [3.63, 3.8) is 0 Å². The van der Waals surface area contributed by atoms with Crippen LogP contribution in [-0.4, -0.2) is 30.5 Å². The third kappa shape index (κ3) is 7.56. The molecule has 1 aliphatic heterocycles. The molecule has 2 heterocycles. The Morgan fingerprint density at radius 1 is 0.875 bits per heavy atom. The van der Waals surface area contributed by atoms with Gasteiger partial charge in [-0.25, -0.2) is 8.97 Å². The molecule has 4 rings (SSSR count). The quantitative estimate of drug-likeness (QED) is 0.124. The average molecular weight is 549 g/mol. The SMILES string of the molecule is CCCCCCCCOc1c2c(cc(-c3ccoc3)c1OC)C(CCCCCC)=[N+](Cc1ccccc1F)CC2. The molecule has 0 radical (unpaired) electrons. The van der Waals surface area contributed by atoms with E-state index in [1.165, 1.54) is 68.2 Å². The van der Waals surface area contributed by atoms with E-state index in [2.05, 4.69) is 24.5 Å². The second-order valence-corrected chi connectivity index (χ2v) is 11.0. The summed E-state index contributed by atoms with van der Waals surface area (Å²) in [5.74, 6) is 1.50. The van der Waals surface area contributed by atoms with Crippen LogP contribution in [0.3, 0.4) is 0 Å². The Morgan fingerprint density at radius 3 is 2.35 bits per heavy atom. The maximum absolute atomic E-state index is 14.7. The van der Waals surface area contributed by atoms with Crippen LogP contribution < -0.4 is 9.47 Å². The summed E-state index contributed by atoms with van der Waals surface area (Å²) in [5.41, 5.74) is 6.38. The zero-order valence-electron chi connectivity index (χ0n) is 24.8. The van der Waals surface area contributed by atoms with Crippen molar-refractivity contribution in [3.8, 4) is 22.6 Å². The lowest BCUT2D eigenvalue weighted by atomic mass is 9.88. The summed E-state index contributed by atoms with van der Waals surface area (Å²) in [4.78, 5) is 0. The second-order valence-electron chi connectivity index (χ2n) is 11.0. The van der Waals surface area contributed by atoms with E-state index in [1.54, 1.807) is 31.8 Å². The van der Waals surface area contributed by atoms with Gasteiger partial charge in [0.15, 0.2) is 23.8 Å². The van der Waals surface area contributed by atoms with Crippen molar-refractivity contribution >= 4 is 5.71 Å². The van der Waals surface area contributed by atoms with Crippen molar-refractivity contribution in [1.29, 1.82) is 0 Å². The number of hydrogen-bond acceptors (Lipinski definition) is 3. The standard InChI is InChI=1S/C35H47FNO3/c1-4-6-8-10-11-15-22-40-35-29-19-21-37(25-27-16-13-14-17-32(27)36)33(18-12-9-7-5-2)31(29)24-30(34(35)38-3)28-20-23-39-26-28/h13-14,16-17,20,23-24,26H,4-12,15,18-19,21-22,25H2,1-3H3/q+1. The number of nitrogens with zero attached hydrogens (tertiary/aromatic N) is 1. The van der Waals surface area contributed by atoms with Crippen LogP contribution in [0.2, 0.25) is 0 Å². The van der Waals surface area contributed by atoms with Gasteiger partial charge in [0.05, 0.1) is 31.8 Å². The molecular formula is C35H47FNO3+. The summed E-state index contributed by atoms with van der Waals surface area (Å²) in [6.07, 6.45) is 17.3. The molecule has 5 heteroatoms. The molecule has 3 aromatic rings. The van der Waals surface area contributed by atoms with Crippen LogP contribution >= 0.6 is 0 Å². The van der Waals surface area contributed by atoms with Crippen LogP contribution in [0.1, 0.15) is 101 Å². The molecule has 4 nitrogen and oxygen atoms in total. The van der Waals surface area contributed by atoms with Crippen LogP contribution in [0.15, 0.2) is 53.3 Å². The van der Waals surface area contributed by atoms with Crippen LogP contribution in [-0.2, 0) is 13.0 Å². The smallest absolute Gasteiger partial charge is 0.184 e. The van der Waals surface area contributed by atoms with E-state index in [-0.39, 0.29) is 5.82 Å². The molecule has 0 unspecified atom stereocenters. The number of hydrogen-bond donors (Lipinski definition) is 0. The maximum Gasteiger partial charge on any atom is 0.184 e. The lowest BCUT2D eigenvalue weighted by molar-refractivity contribution is -0.546. The topological polar surface area (TPSA) is 34.6 Å². The van der Waals surface area contributed by atoms with Gasteiger partial charge in [-0.15, -0.1) is 0 Å². The fourth-order valence-corrected chi connectivity index (χ4v) is 5.80. The molecule has 0 N–H and O–H groups in total. The number of ether oxygens (including phenoxy) is 2. The molecule has 1 aliphatic rings. The number of furan rings is 1. The number of unbranched alkanes of at least 4 members (excludes halogenated alkanes) is 8. The predicted octanol–water partition coefficient (Wildman–Crippen LogP) is 9.36. The summed E-state index contributed by atoms with van der Waals surface area (Å²) >= 11 is 0. The van der Waals surface area contributed by atoms with Gasteiger partial charge < -0.3 is 13.9 Å². The highest BCUT2D eigenvalue weighted by Gasteiger charge is 2.32. The highest BCUT2D eigenvalue weighted by molar-refractivity contribution is 6.01. The van der Waals surface area contributed by atoms with Crippen molar-refractivity contribution in [2.75, 3.05) is 20.3 Å². The van der Waals surface area contributed by atoms with Gasteiger partial charge in [0.25, 0.3) is 0 Å². The Morgan fingerprint density at radius 2 is 1.62 bits per heavy atom. The molecule has 2 aromatic carbocycles. The van der Waals surface area contributed by atoms with Crippen LogP contribution in [0.25, 0.3) is 11.1 Å². The summed E-state index contributed by atoms with van der Waals surface area (Å²) in [6.45, 7) is 6.55. The molecule has 40 heavy (non-hydrogen) atoms. The van der Waals surface area contributed by atoms with Crippen molar-refractivity contribution in [3.05, 3.63) is 71.4 Å². The Bertz CT molecular complexity index is 1230. The second kappa shape index (κ2) is 15.6. The molecule has 0 amide bonds. The lowest BCUT2D eigenvalue weighted by Gasteiger charge is -2.25. The Labute approximate surface area is 240 Å². The highest BCUT2D eigenvalue weighted by atomic mass is 19.1. The fraction of sp³-hybridized carbons (Fsp3) is 0.514. The molecule has 0 saturated heterocycles. The van der Waals surface area contributed by atoms with Crippen molar-refractivity contribution in [2.45, 2.75) is 97.4 Å². The number of halogens is 1. The third-order valence-electron chi connectivity index (χ3n) is 8.03. The molecule has 0 atom stereocenters. The van der Waals surface area contributed by atoms with Crippen molar-refractivity contribution in [2.24, 2.45) is 0 Å². The Balaban J connectivity index is 1.73. The van der Waals surface area contributed by atoms with Gasteiger partial charge in [0, 0.05) is 35.1 Å². The monoisotopic (exact) mass is 548 g/mol. The van der Waals surface area contributed by atoms with E-state index < -0.39 is 0 Å². The van der Waals surface area contributed by atoms with Gasteiger partial charge in [-0.2, -0.15) is 0 Å². The van der Waals surface area contributed by atoms with E-state index in [0.29, 0.717) is 13.2 Å². The van der Waals surface area contributed by atoms with Crippen LogP contribution in [0.5, 0.6) is 11.5 Å². The third-order valence-corrected chi connectivity index (χ3v) is 8.03. The Kier molecular flexibility index (Phi) is 11.7. The van der Waals surface area contributed by atoms with E-state index in [0.717, 1.165) is 60.4 Å². The first-order chi connectivity index (χ1) is 19.7. The first-order valence-electron chi connectivity index (χ1n) is 15.4. The largest absolute Gasteiger partial charge is 0.492 e. The van der Waals surface area contributed by atoms with Gasteiger partial charge in [0.1, 0.15) is 12.4 Å². The molecule has 0 bridgehead atoms. The van der Waals surface area contributed by atoms with E-state index in [1.807, 2.05) is 18.2 Å². The summed E-state index contributed by atoms with van der Waals surface area (Å²) < 4.78 is 35.2. The minimum absolute atomic E-state index is 0.143. The molecule has 1 aromatic heterocycles. The van der Waals surface area contributed by atoms with Gasteiger partial charge >= 0.3 is 0 Å². The number of fused-ring (bicyclic) bond motifs is 1. The maximum atomic E-state index is 14.7. The van der Waals surface area contributed by atoms with Crippen LogP contribution in [0.4, 0.5) is 4.39 Å². The first-order valence-corrected chi connectivity index (χ1v) is 15.4. The van der Waals surface area contributed by atoms with E-state index in [9.17, 15) is 4.39 Å². The molecule has 0 spiro atoms. The zero-order valence-corrected chi connectivity index (χ0v) is 24.8. The number of rotatable bonds is 17. The minimum atomic E-state index is -0.143. The van der Waals surface area contributed by atoms with E-state index in [4.69, 9.17) is 13.9 Å². The summed E-state index contributed by atoms with van der Waals surface area (Å²) in [5, 5.41) is 0. The number of benzene rings is 2. The van der Waals surface area contributed by atoms with Gasteiger partial charge in [-0.3, -0.25) is 0 Å². The molecule has 0 fully saturated rings. The number of methoxy groups -OCH3 is 1. The molecule has 216 valence electrons. The van der Waals surface area contributed by atoms with Crippen molar-refractivity contribution in [1.82, 2.24) is 0 Å². The molecule has 0 saturated carbocycles. The summed E-state index contributed by atoms with van der Waals surface area (Å²) in [6, 6.07) is 11.4. The average Bonchev–Trinajstić information content (AvgIpc) is 3.51. The van der Waals surface area contributed by atoms with Crippen molar-refractivity contribution < 1.29 is 22.9 Å². The first kappa shape index (κ1) is 29.9. The summed E-state index contributed by atoms with van der Waals surface area (Å²) in [7, 11) is 1.73. The predicted molar refractivity (Wildman–Crippen MR) is 161 cm³/mol. The molecule has 0 aliphatic carbocycles. The van der Waals surface area contributed by atoms with Gasteiger partial charge in [-0.1, -0.05) is 77.3 Å². The zero-order chi connectivity index (χ0) is 28.2. The van der Waals surface area contributed by atoms with Gasteiger partial charge in [0.2, 0.25) is 0 Å². The normalized spacial score (nSPS) is 13.0. The Hall–Kier alpha value is -3.08. The molecular weight excluding hydrogens is 501 g/mol. The van der Waals surface area contributed by atoms with Gasteiger partial charge in [-0.05, 0) is 37.1 Å². The van der Waals surface area contributed by atoms with Crippen LogP contribution in [0, 0.1) is 5.82 Å².